The number of piperidine rings is 1. The zero-order chi connectivity index (χ0) is 10.1. The first kappa shape index (κ1) is 10.4. The highest BCUT2D eigenvalue weighted by Crippen LogP contribution is 2.29. The van der Waals surface area contributed by atoms with Gasteiger partial charge in [0.05, 0.1) is 0 Å². The maximum absolute atomic E-state index is 5.82. The molecule has 0 spiro atoms. The highest BCUT2D eigenvalue weighted by atomic mass is 15.2. The fourth-order valence-corrected chi connectivity index (χ4v) is 2.90. The fourth-order valence-electron chi connectivity index (χ4n) is 2.90. The minimum absolute atomic E-state index is 0.512. The van der Waals surface area contributed by atoms with Crippen molar-refractivity contribution in [1.82, 2.24) is 4.90 Å². The van der Waals surface area contributed by atoms with Crippen LogP contribution < -0.4 is 5.73 Å². The van der Waals surface area contributed by atoms with E-state index in [1.807, 2.05) is 0 Å². The maximum atomic E-state index is 5.82. The van der Waals surface area contributed by atoms with Gasteiger partial charge in [0.1, 0.15) is 0 Å². The van der Waals surface area contributed by atoms with Gasteiger partial charge in [0.25, 0.3) is 0 Å². The van der Waals surface area contributed by atoms with Crippen LogP contribution in [0.4, 0.5) is 0 Å². The van der Waals surface area contributed by atoms with Crippen LogP contribution in [0, 0.1) is 11.8 Å². The zero-order valence-electron chi connectivity index (χ0n) is 9.58. The summed E-state index contributed by atoms with van der Waals surface area (Å²) in [6.45, 7) is 7.38. The van der Waals surface area contributed by atoms with Crippen LogP contribution in [-0.2, 0) is 0 Å². The van der Waals surface area contributed by atoms with Gasteiger partial charge in [-0.1, -0.05) is 6.92 Å². The lowest BCUT2D eigenvalue weighted by molar-refractivity contribution is 0.0787. The second-order valence-electron chi connectivity index (χ2n) is 5.58. The summed E-state index contributed by atoms with van der Waals surface area (Å²) in [4.78, 5) is 2.69. The Morgan fingerprint density at radius 1 is 1.21 bits per heavy atom. The molecule has 0 bridgehead atoms. The van der Waals surface area contributed by atoms with Gasteiger partial charge < -0.3 is 10.6 Å². The SMILES string of the molecule is CC1CCC(C)N(CC2CC(N)C2)C1. The van der Waals surface area contributed by atoms with Crippen molar-refractivity contribution in [2.45, 2.75) is 51.6 Å². The predicted molar refractivity (Wildman–Crippen MR) is 60.1 cm³/mol. The third kappa shape index (κ3) is 2.29. The summed E-state index contributed by atoms with van der Waals surface area (Å²) in [5.74, 6) is 1.80. The number of likely N-dealkylation sites (tertiary alicyclic amines) is 1. The van der Waals surface area contributed by atoms with Gasteiger partial charge in [-0.2, -0.15) is 0 Å². The Kier molecular flexibility index (Phi) is 3.13. The summed E-state index contributed by atoms with van der Waals surface area (Å²) in [6, 6.07) is 1.32. The summed E-state index contributed by atoms with van der Waals surface area (Å²) < 4.78 is 0. The van der Waals surface area contributed by atoms with Gasteiger partial charge in [0.15, 0.2) is 0 Å². The molecule has 14 heavy (non-hydrogen) atoms. The number of hydrogen-bond acceptors (Lipinski definition) is 2. The second-order valence-corrected chi connectivity index (χ2v) is 5.58. The molecule has 2 atom stereocenters. The average molecular weight is 196 g/mol. The van der Waals surface area contributed by atoms with Crippen molar-refractivity contribution in [3.8, 4) is 0 Å². The summed E-state index contributed by atoms with van der Waals surface area (Å²) in [6.07, 6.45) is 5.33. The highest BCUT2D eigenvalue weighted by molar-refractivity contribution is 4.87. The molecule has 0 amide bonds. The topological polar surface area (TPSA) is 29.3 Å². The van der Waals surface area contributed by atoms with E-state index in [0.717, 1.165) is 17.9 Å². The number of rotatable bonds is 2. The minimum atomic E-state index is 0.512. The summed E-state index contributed by atoms with van der Waals surface area (Å²) in [5, 5.41) is 0. The monoisotopic (exact) mass is 196 g/mol. The molecule has 82 valence electrons. The van der Waals surface area contributed by atoms with Gasteiger partial charge >= 0.3 is 0 Å². The van der Waals surface area contributed by atoms with Crippen molar-refractivity contribution in [2.24, 2.45) is 17.6 Å². The van der Waals surface area contributed by atoms with Crippen LogP contribution in [0.5, 0.6) is 0 Å². The molecule has 1 saturated heterocycles. The van der Waals surface area contributed by atoms with E-state index in [0.29, 0.717) is 6.04 Å². The Morgan fingerprint density at radius 3 is 2.57 bits per heavy atom. The second kappa shape index (κ2) is 4.19. The standard InChI is InChI=1S/C12H24N2/c1-9-3-4-10(2)14(7-9)8-11-5-12(13)6-11/h9-12H,3-8,13H2,1-2H3. The minimum Gasteiger partial charge on any atom is -0.328 e. The molecular formula is C12H24N2. The quantitative estimate of drug-likeness (QED) is 0.730. The Labute approximate surface area is 87.8 Å². The van der Waals surface area contributed by atoms with Gasteiger partial charge in [0.2, 0.25) is 0 Å². The number of nitrogens with zero attached hydrogens (tertiary/aromatic N) is 1. The third-order valence-electron chi connectivity index (χ3n) is 4.01. The largest absolute Gasteiger partial charge is 0.328 e. The molecule has 1 heterocycles. The van der Waals surface area contributed by atoms with Crippen molar-refractivity contribution in [2.75, 3.05) is 13.1 Å². The van der Waals surface area contributed by atoms with Crippen LogP contribution in [0.1, 0.15) is 39.5 Å². The number of nitrogens with two attached hydrogens (primary N) is 1. The Balaban J connectivity index is 1.77. The van der Waals surface area contributed by atoms with Crippen LogP contribution >= 0.6 is 0 Å². The van der Waals surface area contributed by atoms with E-state index in [-0.39, 0.29) is 0 Å². The lowest BCUT2D eigenvalue weighted by atomic mass is 9.79. The Hall–Kier alpha value is -0.0800. The van der Waals surface area contributed by atoms with E-state index >= 15 is 0 Å². The van der Waals surface area contributed by atoms with Crippen LogP contribution in [0.3, 0.4) is 0 Å². The van der Waals surface area contributed by atoms with Crippen LogP contribution in [0.2, 0.25) is 0 Å². The molecule has 0 aromatic heterocycles. The molecule has 0 radical (unpaired) electrons. The number of hydrogen-bond donors (Lipinski definition) is 1. The highest BCUT2D eigenvalue weighted by Gasteiger charge is 2.31. The van der Waals surface area contributed by atoms with E-state index < -0.39 is 0 Å². The van der Waals surface area contributed by atoms with Gasteiger partial charge in [-0.15, -0.1) is 0 Å². The van der Waals surface area contributed by atoms with Crippen molar-refractivity contribution >= 4 is 0 Å². The lowest BCUT2D eigenvalue weighted by Crippen LogP contribution is -2.48. The molecule has 2 heteroatoms. The van der Waals surface area contributed by atoms with Crippen LogP contribution in [-0.4, -0.2) is 30.1 Å². The Morgan fingerprint density at radius 2 is 1.93 bits per heavy atom. The van der Waals surface area contributed by atoms with Crippen molar-refractivity contribution in [3.63, 3.8) is 0 Å². The molecular weight excluding hydrogens is 172 g/mol. The van der Waals surface area contributed by atoms with Gasteiger partial charge in [-0.05, 0) is 44.4 Å². The molecule has 2 fully saturated rings. The van der Waals surface area contributed by atoms with Crippen molar-refractivity contribution in [3.05, 3.63) is 0 Å². The first-order valence-corrected chi connectivity index (χ1v) is 6.14. The Bertz CT molecular complexity index is 187. The zero-order valence-corrected chi connectivity index (χ0v) is 9.58. The van der Waals surface area contributed by atoms with E-state index in [1.165, 1.54) is 38.8 Å². The van der Waals surface area contributed by atoms with Gasteiger partial charge in [-0.25, -0.2) is 0 Å². The van der Waals surface area contributed by atoms with E-state index in [2.05, 4.69) is 18.7 Å². The molecule has 0 aromatic rings. The summed E-state index contributed by atoms with van der Waals surface area (Å²) in [7, 11) is 0. The van der Waals surface area contributed by atoms with Gasteiger partial charge in [-0.3, -0.25) is 0 Å². The first-order chi connectivity index (χ1) is 6.65. The van der Waals surface area contributed by atoms with Crippen molar-refractivity contribution < 1.29 is 0 Å². The molecule has 1 aliphatic heterocycles. The normalized spacial score (nSPS) is 44.8. The summed E-state index contributed by atoms with van der Waals surface area (Å²) in [5.41, 5.74) is 5.82. The molecule has 2 aliphatic rings. The van der Waals surface area contributed by atoms with E-state index in [1.54, 1.807) is 0 Å². The molecule has 1 saturated carbocycles. The maximum Gasteiger partial charge on any atom is 0.00672 e. The molecule has 2 N–H and O–H groups in total. The van der Waals surface area contributed by atoms with Crippen LogP contribution in [0.25, 0.3) is 0 Å². The first-order valence-electron chi connectivity index (χ1n) is 6.14. The predicted octanol–water partition coefficient (Wildman–Crippen LogP) is 1.84. The third-order valence-corrected chi connectivity index (χ3v) is 4.01. The molecule has 2 rings (SSSR count). The van der Waals surface area contributed by atoms with E-state index in [9.17, 15) is 0 Å². The lowest BCUT2D eigenvalue weighted by Gasteiger charge is -2.42. The molecule has 2 nitrogen and oxygen atoms in total. The van der Waals surface area contributed by atoms with Crippen LogP contribution in [0.15, 0.2) is 0 Å². The molecule has 1 aliphatic carbocycles. The summed E-state index contributed by atoms with van der Waals surface area (Å²) >= 11 is 0. The average Bonchev–Trinajstić information content (AvgIpc) is 2.09. The molecule has 0 aromatic carbocycles. The van der Waals surface area contributed by atoms with Gasteiger partial charge in [0, 0.05) is 25.2 Å². The fraction of sp³-hybridized carbons (Fsp3) is 1.00. The van der Waals surface area contributed by atoms with E-state index in [4.69, 9.17) is 5.73 Å². The molecule has 2 unspecified atom stereocenters. The smallest absolute Gasteiger partial charge is 0.00672 e. The van der Waals surface area contributed by atoms with Crippen molar-refractivity contribution in [1.29, 1.82) is 0 Å².